The van der Waals surface area contributed by atoms with E-state index >= 15 is 0 Å². The Labute approximate surface area is 114 Å². The van der Waals surface area contributed by atoms with Crippen LogP contribution in [0.4, 0.5) is 27.6 Å². The minimum Gasteiger partial charge on any atom is -0.376 e. The van der Waals surface area contributed by atoms with E-state index in [2.05, 4.69) is 5.32 Å². The molecule has 7 heteroatoms. The van der Waals surface area contributed by atoms with Gasteiger partial charge in [-0.25, -0.2) is 22.0 Å². The van der Waals surface area contributed by atoms with Crippen molar-refractivity contribution < 1.29 is 22.0 Å². The summed E-state index contributed by atoms with van der Waals surface area (Å²) in [6.07, 6.45) is 0. The fourth-order valence-electron chi connectivity index (χ4n) is 1.73. The van der Waals surface area contributed by atoms with Crippen LogP contribution in [0.5, 0.6) is 0 Å². The van der Waals surface area contributed by atoms with Crippen molar-refractivity contribution in [1.82, 2.24) is 4.90 Å². The first kappa shape index (κ1) is 16.7. The van der Waals surface area contributed by atoms with Crippen LogP contribution in [0.15, 0.2) is 0 Å². The van der Waals surface area contributed by atoms with Crippen LogP contribution < -0.4 is 5.32 Å². The SMILES string of the molecule is CC(C)C(CN(C)C)Nc1c(F)c(F)c(F)c(F)c1F. The fraction of sp³-hybridized carbons (Fsp3) is 0.538. The third-order valence-electron chi connectivity index (χ3n) is 2.91. The second-order valence-electron chi connectivity index (χ2n) is 5.20. The van der Waals surface area contributed by atoms with Gasteiger partial charge in [0.05, 0.1) is 0 Å². The monoisotopic (exact) mass is 296 g/mol. The predicted molar refractivity (Wildman–Crippen MR) is 67.0 cm³/mol. The van der Waals surface area contributed by atoms with Crippen molar-refractivity contribution >= 4 is 5.69 Å². The predicted octanol–water partition coefficient (Wildman–Crippen LogP) is 3.38. The van der Waals surface area contributed by atoms with E-state index in [-0.39, 0.29) is 5.92 Å². The molecule has 0 aliphatic carbocycles. The first-order valence-electron chi connectivity index (χ1n) is 6.09. The molecular formula is C13H17F5N2. The number of rotatable bonds is 5. The molecule has 0 amide bonds. The number of hydrogen-bond acceptors (Lipinski definition) is 2. The summed E-state index contributed by atoms with van der Waals surface area (Å²) in [4.78, 5) is 1.75. The first-order chi connectivity index (χ1) is 9.16. The van der Waals surface area contributed by atoms with Gasteiger partial charge in [-0.2, -0.15) is 0 Å². The van der Waals surface area contributed by atoms with Crippen LogP contribution in [0.3, 0.4) is 0 Å². The molecule has 0 bridgehead atoms. The average molecular weight is 296 g/mol. The van der Waals surface area contributed by atoms with Crippen LogP contribution in [0.2, 0.25) is 0 Å². The van der Waals surface area contributed by atoms with Crippen LogP contribution in [-0.2, 0) is 0 Å². The lowest BCUT2D eigenvalue weighted by atomic mass is 10.0. The lowest BCUT2D eigenvalue weighted by Crippen LogP contribution is -2.37. The normalized spacial score (nSPS) is 13.2. The second kappa shape index (κ2) is 6.39. The summed E-state index contributed by atoms with van der Waals surface area (Å²) in [7, 11) is 3.49. The van der Waals surface area contributed by atoms with Crippen LogP contribution in [0.25, 0.3) is 0 Å². The summed E-state index contributed by atoms with van der Waals surface area (Å²) in [5.41, 5.74) is -0.984. The minimum absolute atomic E-state index is 0.0626. The lowest BCUT2D eigenvalue weighted by Gasteiger charge is -2.27. The maximum absolute atomic E-state index is 13.6. The maximum Gasteiger partial charge on any atom is 0.200 e. The van der Waals surface area contributed by atoms with Gasteiger partial charge in [0.2, 0.25) is 5.82 Å². The molecule has 1 atom stereocenters. The highest BCUT2D eigenvalue weighted by Crippen LogP contribution is 2.28. The fourth-order valence-corrected chi connectivity index (χ4v) is 1.73. The highest BCUT2D eigenvalue weighted by Gasteiger charge is 2.27. The number of hydrogen-bond donors (Lipinski definition) is 1. The molecule has 20 heavy (non-hydrogen) atoms. The van der Waals surface area contributed by atoms with Gasteiger partial charge in [0.25, 0.3) is 0 Å². The molecule has 1 rings (SSSR count). The molecule has 0 saturated heterocycles. The van der Waals surface area contributed by atoms with Crippen molar-refractivity contribution in [2.24, 2.45) is 5.92 Å². The molecule has 1 unspecified atom stereocenters. The van der Waals surface area contributed by atoms with E-state index in [4.69, 9.17) is 0 Å². The van der Waals surface area contributed by atoms with Crippen molar-refractivity contribution in [2.45, 2.75) is 19.9 Å². The third kappa shape index (κ3) is 3.39. The van der Waals surface area contributed by atoms with Crippen LogP contribution in [0.1, 0.15) is 13.8 Å². The first-order valence-corrected chi connectivity index (χ1v) is 6.09. The summed E-state index contributed by atoms with van der Waals surface area (Å²) in [6, 6.07) is -0.460. The van der Waals surface area contributed by atoms with Crippen LogP contribution in [0, 0.1) is 35.0 Å². The number of likely N-dealkylation sites (N-methyl/N-ethyl adjacent to an activating group) is 1. The van der Waals surface area contributed by atoms with Gasteiger partial charge in [-0.1, -0.05) is 13.8 Å². The van der Waals surface area contributed by atoms with Gasteiger partial charge in [0.1, 0.15) is 5.69 Å². The molecule has 0 fully saturated rings. The molecule has 1 N–H and O–H groups in total. The molecule has 2 nitrogen and oxygen atoms in total. The van der Waals surface area contributed by atoms with E-state index in [9.17, 15) is 22.0 Å². The summed E-state index contributed by atoms with van der Waals surface area (Å²) < 4.78 is 66.3. The molecule has 0 aliphatic rings. The summed E-state index contributed by atoms with van der Waals surface area (Å²) in [5, 5.41) is 2.42. The summed E-state index contributed by atoms with van der Waals surface area (Å²) in [5.74, 6) is -9.79. The van der Waals surface area contributed by atoms with E-state index in [1.165, 1.54) is 0 Å². The molecule has 0 radical (unpaired) electrons. The standard InChI is InChI=1S/C13H17F5N2/c1-6(2)7(5-20(3)4)19-13-11(17)9(15)8(14)10(16)12(13)18/h6-7,19H,5H2,1-4H3. The smallest absolute Gasteiger partial charge is 0.200 e. The number of nitrogens with zero attached hydrogens (tertiary/aromatic N) is 1. The largest absolute Gasteiger partial charge is 0.376 e. The van der Waals surface area contributed by atoms with Crippen molar-refractivity contribution in [2.75, 3.05) is 26.0 Å². The van der Waals surface area contributed by atoms with Gasteiger partial charge in [-0.05, 0) is 20.0 Å². The number of halogens is 5. The molecule has 0 aromatic heterocycles. The maximum atomic E-state index is 13.6. The van der Waals surface area contributed by atoms with Crippen molar-refractivity contribution in [1.29, 1.82) is 0 Å². The Balaban J connectivity index is 3.19. The van der Waals surface area contributed by atoms with Crippen LogP contribution >= 0.6 is 0 Å². The zero-order valence-corrected chi connectivity index (χ0v) is 11.7. The Morgan fingerprint density at radius 2 is 1.25 bits per heavy atom. The van der Waals surface area contributed by atoms with E-state index in [0.29, 0.717) is 6.54 Å². The zero-order chi connectivity index (χ0) is 15.6. The summed E-state index contributed by atoms with van der Waals surface area (Å²) in [6.45, 7) is 3.96. The lowest BCUT2D eigenvalue weighted by molar-refractivity contribution is 0.339. The van der Waals surface area contributed by atoms with Crippen LogP contribution in [-0.4, -0.2) is 31.6 Å². The number of nitrogens with one attached hydrogen (secondary N) is 1. The zero-order valence-electron chi connectivity index (χ0n) is 11.7. The Kier molecular flexibility index (Phi) is 5.33. The van der Waals surface area contributed by atoms with Gasteiger partial charge in [-0.15, -0.1) is 0 Å². The van der Waals surface area contributed by atoms with E-state index in [0.717, 1.165) is 0 Å². The number of benzene rings is 1. The van der Waals surface area contributed by atoms with Gasteiger partial charge in [-0.3, -0.25) is 0 Å². The highest BCUT2D eigenvalue weighted by molar-refractivity contribution is 5.48. The molecule has 1 aromatic rings. The molecule has 0 spiro atoms. The van der Waals surface area contributed by atoms with E-state index < -0.39 is 40.8 Å². The molecular weight excluding hydrogens is 279 g/mol. The van der Waals surface area contributed by atoms with E-state index in [1.54, 1.807) is 32.8 Å². The summed E-state index contributed by atoms with van der Waals surface area (Å²) >= 11 is 0. The molecule has 114 valence electrons. The Morgan fingerprint density at radius 3 is 1.60 bits per heavy atom. The van der Waals surface area contributed by atoms with Gasteiger partial charge in [0, 0.05) is 12.6 Å². The van der Waals surface area contributed by atoms with Gasteiger partial charge >= 0.3 is 0 Å². The highest BCUT2D eigenvalue weighted by atomic mass is 19.2. The van der Waals surface area contributed by atoms with Crippen molar-refractivity contribution in [3.63, 3.8) is 0 Å². The quantitative estimate of drug-likeness (QED) is 0.509. The number of anilines is 1. The Hall–Kier alpha value is -1.37. The Morgan fingerprint density at radius 1 is 0.850 bits per heavy atom. The topological polar surface area (TPSA) is 15.3 Å². The van der Waals surface area contributed by atoms with E-state index in [1.807, 2.05) is 0 Å². The molecule has 1 aromatic carbocycles. The van der Waals surface area contributed by atoms with Gasteiger partial charge < -0.3 is 10.2 Å². The minimum atomic E-state index is -2.15. The van der Waals surface area contributed by atoms with Gasteiger partial charge in [0.15, 0.2) is 23.3 Å². The molecule has 0 heterocycles. The van der Waals surface area contributed by atoms with Crippen molar-refractivity contribution in [3.05, 3.63) is 29.1 Å². The second-order valence-corrected chi connectivity index (χ2v) is 5.20. The molecule has 0 aliphatic heterocycles. The molecule has 0 saturated carbocycles. The average Bonchev–Trinajstić information content (AvgIpc) is 2.37. The third-order valence-corrected chi connectivity index (χ3v) is 2.91. The van der Waals surface area contributed by atoms with Crippen molar-refractivity contribution in [3.8, 4) is 0 Å². The Bertz CT molecular complexity index is 459.